The zero-order valence-corrected chi connectivity index (χ0v) is 8.45. The monoisotopic (exact) mass is 273 g/mol. The van der Waals surface area contributed by atoms with Crippen LogP contribution in [0.2, 0.25) is 0 Å². The molecule has 3 N–H and O–H groups in total. The Bertz CT molecular complexity index is 320. The lowest BCUT2D eigenvalue weighted by molar-refractivity contribution is 1.29. The van der Waals surface area contributed by atoms with Crippen molar-refractivity contribution in [3.05, 3.63) is 33.7 Å². The summed E-state index contributed by atoms with van der Waals surface area (Å²) in [4.78, 5) is 3.93. The van der Waals surface area contributed by atoms with Gasteiger partial charge in [0.1, 0.15) is 0 Å². The number of nitrogens with one attached hydrogen (secondary N) is 1. The lowest BCUT2D eigenvalue weighted by atomic mass is 10.1. The lowest BCUT2D eigenvalue weighted by Crippen LogP contribution is -2.00. The third-order valence-electron chi connectivity index (χ3n) is 1.44. The average molecular weight is 273 g/mol. The third-order valence-corrected chi connectivity index (χ3v) is 2.11. The van der Waals surface area contributed by atoms with Gasteiger partial charge in [-0.25, -0.2) is 0 Å². The van der Waals surface area contributed by atoms with Crippen LogP contribution < -0.4 is 5.73 Å². The summed E-state index contributed by atoms with van der Waals surface area (Å²) in [6.45, 7) is 0. The van der Waals surface area contributed by atoms with Crippen molar-refractivity contribution >= 4 is 34.5 Å². The summed E-state index contributed by atoms with van der Waals surface area (Å²) in [7, 11) is 0. The minimum Gasteiger partial charge on any atom is -0.398 e. The summed E-state index contributed by atoms with van der Waals surface area (Å²) in [6.07, 6.45) is 4.57. The standard InChI is InChI=1S/C8H8IN3/c9-3-8(11)7-5-12-2-1-6(7)4-10/h1-5,10H,11H2/b8-3+,10-4?. The van der Waals surface area contributed by atoms with E-state index >= 15 is 0 Å². The van der Waals surface area contributed by atoms with Crippen LogP contribution in [0.15, 0.2) is 22.5 Å². The van der Waals surface area contributed by atoms with Crippen molar-refractivity contribution in [1.82, 2.24) is 4.98 Å². The van der Waals surface area contributed by atoms with Crippen LogP contribution in [0.1, 0.15) is 11.1 Å². The number of hydrogen-bond donors (Lipinski definition) is 2. The average Bonchev–Trinajstić information content (AvgIpc) is 2.16. The van der Waals surface area contributed by atoms with Gasteiger partial charge in [-0.2, -0.15) is 0 Å². The first kappa shape index (κ1) is 9.18. The highest BCUT2D eigenvalue weighted by Gasteiger charge is 2.00. The van der Waals surface area contributed by atoms with Crippen LogP contribution in [0, 0.1) is 5.41 Å². The highest BCUT2D eigenvalue weighted by atomic mass is 127. The first-order valence-electron chi connectivity index (χ1n) is 3.30. The van der Waals surface area contributed by atoms with E-state index in [2.05, 4.69) is 27.6 Å². The first-order valence-corrected chi connectivity index (χ1v) is 4.55. The van der Waals surface area contributed by atoms with Crippen molar-refractivity contribution < 1.29 is 0 Å². The Balaban J connectivity index is 3.22. The molecule has 0 bridgehead atoms. The number of hydrogen-bond acceptors (Lipinski definition) is 3. The fourth-order valence-corrected chi connectivity index (χ4v) is 1.17. The molecular weight excluding hydrogens is 265 g/mol. The van der Waals surface area contributed by atoms with Crippen molar-refractivity contribution in [3.8, 4) is 0 Å². The largest absolute Gasteiger partial charge is 0.398 e. The summed E-state index contributed by atoms with van der Waals surface area (Å²) in [5, 5.41) is 7.11. The zero-order valence-electron chi connectivity index (χ0n) is 6.29. The van der Waals surface area contributed by atoms with E-state index in [-0.39, 0.29) is 0 Å². The minimum atomic E-state index is 0.641. The molecular formula is C8H8IN3. The summed E-state index contributed by atoms with van der Waals surface area (Å²) >= 11 is 2.06. The van der Waals surface area contributed by atoms with Crippen LogP contribution in [0.4, 0.5) is 0 Å². The predicted octanol–water partition coefficient (Wildman–Crippen LogP) is 1.77. The summed E-state index contributed by atoms with van der Waals surface area (Å²) < 4.78 is 1.77. The Morgan fingerprint density at radius 3 is 3.00 bits per heavy atom. The molecule has 1 rings (SSSR count). The highest BCUT2D eigenvalue weighted by molar-refractivity contribution is 14.1. The van der Waals surface area contributed by atoms with E-state index in [1.807, 2.05) is 0 Å². The molecule has 4 heteroatoms. The number of pyridine rings is 1. The van der Waals surface area contributed by atoms with E-state index in [9.17, 15) is 0 Å². The van der Waals surface area contributed by atoms with Gasteiger partial charge in [0.2, 0.25) is 0 Å². The number of halogens is 1. The molecule has 62 valence electrons. The van der Waals surface area contributed by atoms with Crippen molar-refractivity contribution in [2.24, 2.45) is 5.73 Å². The van der Waals surface area contributed by atoms with Gasteiger partial charge in [-0.3, -0.25) is 4.98 Å². The summed E-state index contributed by atoms with van der Waals surface area (Å²) in [5.41, 5.74) is 7.92. The Morgan fingerprint density at radius 2 is 2.42 bits per heavy atom. The van der Waals surface area contributed by atoms with Gasteiger partial charge in [0, 0.05) is 39.5 Å². The molecule has 0 fully saturated rings. The topological polar surface area (TPSA) is 62.8 Å². The molecule has 0 spiro atoms. The normalized spacial score (nSPS) is 11.2. The molecule has 0 saturated heterocycles. The van der Waals surface area contributed by atoms with Gasteiger partial charge in [-0.1, -0.05) is 22.6 Å². The molecule has 1 aromatic rings. The number of rotatable bonds is 2. The van der Waals surface area contributed by atoms with Crippen LogP contribution in [-0.4, -0.2) is 11.2 Å². The van der Waals surface area contributed by atoms with E-state index in [1.165, 1.54) is 6.21 Å². The Labute approximate surface area is 84.3 Å². The van der Waals surface area contributed by atoms with Crippen molar-refractivity contribution in [2.75, 3.05) is 0 Å². The smallest absolute Gasteiger partial charge is 0.0471 e. The predicted molar refractivity (Wildman–Crippen MR) is 58.3 cm³/mol. The molecule has 12 heavy (non-hydrogen) atoms. The SMILES string of the molecule is N=Cc1ccncc1/C(N)=C\I. The number of nitrogens with two attached hydrogens (primary N) is 1. The number of nitrogens with zero attached hydrogens (tertiary/aromatic N) is 1. The highest BCUT2D eigenvalue weighted by Crippen LogP contribution is 2.12. The van der Waals surface area contributed by atoms with Crippen molar-refractivity contribution in [3.63, 3.8) is 0 Å². The summed E-state index contributed by atoms with van der Waals surface area (Å²) in [6, 6.07) is 1.76. The van der Waals surface area contributed by atoms with Gasteiger partial charge in [-0.15, -0.1) is 0 Å². The molecule has 0 aromatic carbocycles. The molecule has 0 aliphatic rings. The first-order chi connectivity index (χ1) is 5.79. The maximum atomic E-state index is 7.11. The summed E-state index contributed by atoms with van der Waals surface area (Å²) in [5.74, 6) is 0. The molecule has 0 aliphatic carbocycles. The van der Waals surface area contributed by atoms with Crippen LogP contribution in [0.3, 0.4) is 0 Å². The molecule has 0 aliphatic heterocycles. The van der Waals surface area contributed by atoms with E-state index in [0.717, 1.165) is 11.1 Å². The molecule has 1 aromatic heterocycles. The molecule has 1 heterocycles. The van der Waals surface area contributed by atoms with Crippen LogP contribution in [0.5, 0.6) is 0 Å². The molecule has 0 atom stereocenters. The van der Waals surface area contributed by atoms with Crippen LogP contribution in [0.25, 0.3) is 5.70 Å². The Morgan fingerprint density at radius 1 is 1.67 bits per heavy atom. The fraction of sp³-hybridized carbons (Fsp3) is 0. The van der Waals surface area contributed by atoms with Crippen molar-refractivity contribution in [2.45, 2.75) is 0 Å². The van der Waals surface area contributed by atoms with E-state index < -0.39 is 0 Å². The minimum absolute atomic E-state index is 0.641. The van der Waals surface area contributed by atoms with E-state index in [0.29, 0.717) is 5.70 Å². The Kier molecular flexibility index (Phi) is 3.21. The fourth-order valence-electron chi connectivity index (χ4n) is 0.831. The molecule has 0 amide bonds. The maximum Gasteiger partial charge on any atom is 0.0471 e. The van der Waals surface area contributed by atoms with Gasteiger partial charge in [0.15, 0.2) is 0 Å². The molecule has 0 radical (unpaired) electrons. The van der Waals surface area contributed by atoms with Gasteiger partial charge >= 0.3 is 0 Å². The Hall–Kier alpha value is -0.910. The van der Waals surface area contributed by atoms with Gasteiger partial charge in [-0.05, 0) is 6.07 Å². The van der Waals surface area contributed by atoms with Gasteiger partial charge in [0.05, 0.1) is 0 Å². The second-order valence-electron chi connectivity index (χ2n) is 2.17. The number of aromatic nitrogens is 1. The third kappa shape index (κ3) is 1.82. The molecule has 0 unspecified atom stereocenters. The lowest BCUT2D eigenvalue weighted by Gasteiger charge is -2.02. The van der Waals surface area contributed by atoms with E-state index in [1.54, 1.807) is 22.5 Å². The van der Waals surface area contributed by atoms with Crippen LogP contribution >= 0.6 is 22.6 Å². The van der Waals surface area contributed by atoms with Crippen molar-refractivity contribution in [1.29, 1.82) is 5.41 Å². The second kappa shape index (κ2) is 4.20. The molecule has 3 nitrogen and oxygen atoms in total. The second-order valence-corrected chi connectivity index (χ2v) is 2.79. The zero-order chi connectivity index (χ0) is 8.97. The van der Waals surface area contributed by atoms with Crippen LogP contribution in [-0.2, 0) is 0 Å². The molecule has 0 saturated carbocycles. The van der Waals surface area contributed by atoms with Gasteiger partial charge in [0.25, 0.3) is 0 Å². The van der Waals surface area contributed by atoms with E-state index in [4.69, 9.17) is 11.1 Å². The van der Waals surface area contributed by atoms with Gasteiger partial charge < -0.3 is 11.1 Å². The maximum absolute atomic E-state index is 7.11. The quantitative estimate of drug-likeness (QED) is 0.637.